The van der Waals surface area contributed by atoms with Crippen molar-refractivity contribution >= 4 is 34.8 Å². The molecule has 8 nitrogen and oxygen atoms in total. The summed E-state index contributed by atoms with van der Waals surface area (Å²) in [5.41, 5.74) is 0.957. The fourth-order valence-electron chi connectivity index (χ4n) is 2.22. The summed E-state index contributed by atoms with van der Waals surface area (Å²) in [6.07, 6.45) is -0.796. The van der Waals surface area contributed by atoms with Gasteiger partial charge in [0.15, 0.2) is 5.75 Å². The minimum Gasteiger partial charge on any atom is -0.480 e. The Bertz CT molecular complexity index is 938. The van der Waals surface area contributed by atoms with Gasteiger partial charge in [0.1, 0.15) is 12.3 Å². The summed E-state index contributed by atoms with van der Waals surface area (Å²) in [4.78, 5) is 27.7. The molecule has 1 N–H and O–H groups in total. The number of nitrogens with one attached hydrogen (secondary N) is 1. The third-order valence-electron chi connectivity index (χ3n) is 3.85. The Kier molecular flexibility index (Phi) is 7.17. The van der Waals surface area contributed by atoms with Crippen molar-refractivity contribution in [3.05, 3.63) is 63.2 Å². The molecule has 29 heavy (non-hydrogen) atoms. The second-order valence-electron chi connectivity index (χ2n) is 7.32. The molecule has 2 rings (SSSR count). The molecular weight excluding hydrogens is 398 g/mol. The van der Waals surface area contributed by atoms with Crippen molar-refractivity contribution in [2.24, 2.45) is 10.6 Å². The largest absolute Gasteiger partial charge is 0.480 e. The number of amides is 1. The van der Waals surface area contributed by atoms with Crippen LogP contribution in [0.25, 0.3) is 0 Å². The Balaban J connectivity index is 2.10. The van der Waals surface area contributed by atoms with E-state index < -0.39 is 16.4 Å². The molecule has 1 amide bonds. The lowest BCUT2D eigenvalue weighted by atomic mass is 9.90. The Morgan fingerprint density at radius 1 is 1.24 bits per heavy atom. The van der Waals surface area contributed by atoms with E-state index in [4.69, 9.17) is 21.2 Å². The molecule has 0 spiro atoms. The molecule has 9 heteroatoms. The molecule has 154 valence electrons. The number of halogens is 1. The van der Waals surface area contributed by atoms with Gasteiger partial charge in [-0.05, 0) is 36.8 Å². The predicted octanol–water partition coefficient (Wildman–Crippen LogP) is 5.59. The number of nitrogens with zero attached hydrogens (tertiary/aromatic N) is 2. The number of benzene rings is 2. The molecule has 0 radical (unpaired) electrons. The van der Waals surface area contributed by atoms with E-state index in [1.165, 1.54) is 12.1 Å². The van der Waals surface area contributed by atoms with Crippen molar-refractivity contribution in [1.82, 2.24) is 0 Å². The summed E-state index contributed by atoms with van der Waals surface area (Å²) in [6.45, 7) is 7.24. The number of aryl methyl sites for hydroxylation is 1. The van der Waals surface area contributed by atoms with Crippen molar-refractivity contribution in [2.45, 2.75) is 27.7 Å². The molecule has 0 aromatic heterocycles. The molecule has 0 aliphatic rings. The summed E-state index contributed by atoms with van der Waals surface area (Å²) in [5.74, 6) is 0.112. The van der Waals surface area contributed by atoms with Gasteiger partial charge < -0.3 is 4.74 Å². The molecule has 2 aromatic carbocycles. The summed E-state index contributed by atoms with van der Waals surface area (Å²) < 4.78 is 5.61. The van der Waals surface area contributed by atoms with Crippen LogP contribution in [0.15, 0.2) is 47.6 Å². The van der Waals surface area contributed by atoms with Gasteiger partial charge in [-0.1, -0.05) is 49.7 Å². The average molecular weight is 420 g/mol. The normalized spacial score (nSPS) is 11.7. The lowest BCUT2D eigenvalue weighted by Crippen LogP contribution is -2.28. The van der Waals surface area contributed by atoms with E-state index in [0.29, 0.717) is 16.4 Å². The zero-order chi connectivity index (χ0) is 21.6. The van der Waals surface area contributed by atoms with Gasteiger partial charge in [0.25, 0.3) is 0 Å². The number of rotatable bonds is 6. The van der Waals surface area contributed by atoms with Gasteiger partial charge in [-0.3, -0.25) is 20.3 Å². The van der Waals surface area contributed by atoms with Gasteiger partial charge in [0, 0.05) is 22.2 Å². The standard InChI is InChI=1S/C20H22ClN3O5/c1-13-8-9-17(16(10-13)24(26)27)28-12-18(20(2,3)4)23-29-19(25)22-15-7-5-6-14(21)11-15/h5-11H,12H2,1-4H3,(H,22,25)/b23-18-. The van der Waals surface area contributed by atoms with Crippen LogP contribution in [0.3, 0.4) is 0 Å². The van der Waals surface area contributed by atoms with Crippen LogP contribution in [0.5, 0.6) is 5.75 Å². The highest BCUT2D eigenvalue weighted by atomic mass is 35.5. The first-order chi connectivity index (χ1) is 13.6. The van der Waals surface area contributed by atoms with Crippen LogP contribution < -0.4 is 10.1 Å². The first kappa shape index (κ1) is 22.2. The van der Waals surface area contributed by atoms with Gasteiger partial charge in [-0.2, -0.15) is 0 Å². The van der Waals surface area contributed by atoms with Crippen molar-refractivity contribution in [3.8, 4) is 5.75 Å². The van der Waals surface area contributed by atoms with Crippen molar-refractivity contribution in [1.29, 1.82) is 0 Å². The maximum atomic E-state index is 12.0. The number of carbonyl (C=O) groups is 1. The molecule has 0 fully saturated rings. The maximum Gasteiger partial charge on any atom is 0.437 e. The maximum absolute atomic E-state index is 12.0. The minimum atomic E-state index is -0.796. The third-order valence-corrected chi connectivity index (χ3v) is 4.09. The first-order valence-corrected chi connectivity index (χ1v) is 9.13. The minimum absolute atomic E-state index is 0.0855. The van der Waals surface area contributed by atoms with E-state index in [1.54, 1.807) is 37.3 Å². The summed E-state index contributed by atoms with van der Waals surface area (Å²) in [5, 5.41) is 18.1. The zero-order valence-corrected chi connectivity index (χ0v) is 17.3. The number of anilines is 1. The van der Waals surface area contributed by atoms with Crippen molar-refractivity contribution in [3.63, 3.8) is 0 Å². The summed E-state index contributed by atoms with van der Waals surface area (Å²) >= 11 is 5.88. The SMILES string of the molecule is Cc1ccc(OC/C(=N/OC(=O)Nc2cccc(Cl)c2)C(C)(C)C)c([N+](=O)[O-])c1. The van der Waals surface area contributed by atoms with Crippen LogP contribution >= 0.6 is 11.6 Å². The van der Waals surface area contributed by atoms with Crippen molar-refractivity contribution in [2.75, 3.05) is 11.9 Å². The van der Waals surface area contributed by atoms with Gasteiger partial charge in [0.2, 0.25) is 0 Å². The van der Waals surface area contributed by atoms with Gasteiger partial charge in [-0.25, -0.2) is 4.79 Å². The Morgan fingerprint density at radius 2 is 1.97 bits per heavy atom. The van der Waals surface area contributed by atoms with Gasteiger partial charge in [0.05, 0.1) is 4.92 Å². The van der Waals surface area contributed by atoms with Crippen LogP contribution in [-0.2, 0) is 4.84 Å². The lowest BCUT2D eigenvalue weighted by Gasteiger charge is -2.20. The highest BCUT2D eigenvalue weighted by Gasteiger charge is 2.23. The van der Waals surface area contributed by atoms with Crippen molar-refractivity contribution < 1.29 is 19.3 Å². The Labute approximate surface area is 173 Å². The summed E-state index contributed by atoms with van der Waals surface area (Å²) in [6, 6.07) is 11.3. The lowest BCUT2D eigenvalue weighted by molar-refractivity contribution is -0.385. The third kappa shape index (κ3) is 6.76. The number of nitro benzene ring substituents is 1. The van der Waals surface area contributed by atoms with E-state index in [1.807, 2.05) is 20.8 Å². The van der Waals surface area contributed by atoms with Gasteiger partial charge in [-0.15, -0.1) is 0 Å². The molecule has 0 heterocycles. The number of hydrogen-bond donors (Lipinski definition) is 1. The topological polar surface area (TPSA) is 103 Å². The fraction of sp³-hybridized carbons (Fsp3) is 0.300. The second kappa shape index (κ2) is 9.38. The Hall–Kier alpha value is -3.13. The van der Waals surface area contributed by atoms with E-state index in [2.05, 4.69) is 10.5 Å². The summed E-state index contributed by atoms with van der Waals surface area (Å²) in [7, 11) is 0. The second-order valence-corrected chi connectivity index (χ2v) is 7.76. The molecule has 0 aliphatic carbocycles. The number of ether oxygens (including phenoxy) is 1. The molecule has 2 aromatic rings. The van der Waals surface area contributed by atoms with Gasteiger partial charge >= 0.3 is 11.8 Å². The zero-order valence-electron chi connectivity index (χ0n) is 16.6. The van der Waals surface area contributed by atoms with E-state index in [0.717, 1.165) is 5.56 Å². The van der Waals surface area contributed by atoms with E-state index in [9.17, 15) is 14.9 Å². The van der Waals surface area contributed by atoms with Crippen LogP contribution in [0.2, 0.25) is 5.02 Å². The predicted molar refractivity (Wildman–Crippen MR) is 112 cm³/mol. The number of oxime groups is 1. The molecule has 0 unspecified atom stereocenters. The molecule has 0 atom stereocenters. The van der Waals surface area contributed by atoms with Crippen LogP contribution in [-0.4, -0.2) is 23.3 Å². The monoisotopic (exact) mass is 419 g/mol. The molecular formula is C20H22ClN3O5. The highest BCUT2D eigenvalue weighted by molar-refractivity contribution is 6.30. The Morgan fingerprint density at radius 3 is 2.59 bits per heavy atom. The average Bonchev–Trinajstić information content (AvgIpc) is 2.61. The first-order valence-electron chi connectivity index (χ1n) is 8.75. The highest BCUT2D eigenvalue weighted by Crippen LogP contribution is 2.28. The molecule has 0 aliphatic heterocycles. The van der Waals surface area contributed by atoms with Crippen LogP contribution in [0.1, 0.15) is 26.3 Å². The smallest absolute Gasteiger partial charge is 0.437 e. The molecule has 0 bridgehead atoms. The molecule has 0 saturated carbocycles. The fourth-order valence-corrected chi connectivity index (χ4v) is 2.41. The molecule has 0 saturated heterocycles. The number of nitro groups is 1. The quantitative estimate of drug-likeness (QED) is 0.284. The number of carbonyl (C=O) groups excluding carboxylic acids is 1. The number of hydrogen-bond acceptors (Lipinski definition) is 6. The van der Waals surface area contributed by atoms with Crippen LogP contribution in [0.4, 0.5) is 16.2 Å². The van der Waals surface area contributed by atoms with Crippen LogP contribution in [0, 0.1) is 22.5 Å². The van der Waals surface area contributed by atoms with E-state index >= 15 is 0 Å². The van der Waals surface area contributed by atoms with E-state index in [-0.39, 0.29) is 18.0 Å².